The Hall–Kier alpha value is -1.75. The number of amides is 1. The average Bonchev–Trinajstić information content (AvgIpc) is 2.29. The summed E-state index contributed by atoms with van der Waals surface area (Å²) in [5.41, 5.74) is 5.97. The number of carbonyl (C=O) groups is 1. The maximum absolute atomic E-state index is 11.7. The third-order valence-corrected chi connectivity index (χ3v) is 2.34. The average molecular weight is 224 g/mol. The van der Waals surface area contributed by atoms with Crippen molar-refractivity contribution < 1.29 is 15.0 Å². The quantitative estimate of drug-likeness (QED) is 0.441. The van der Waals surface area contributed by atoms with E-state index in [2.05, 4.69) is 5.32 Å². The molecule has 0 heterocycles. The van der Waals surface area contributed by atoms with Gasteiger partial charge in [-0.1, -0.05) is 6.92 Å². The lowest BCUT2D eigenvalue weighted by Gasteiger charge is -2.14. The first kappa shape index (κ1) is 12.3. The Morgan fingerprint density at radius 2 is 2.25 bits per heavy atom. The van der Waals surface area contributed by atoms with Crippen molar-refractivity contribution >= 4 is 11.6 Å². The molecular weight excluding hydrogens is 208 g/mol. The summed E-state index contributed by atoms with van der Waals surface area (Å²) in [6.45, 7) is 1.75. The van der Waals surface area contributed by atoms with Crippen LogP contribution in [0.3, 0.4) is 0 Å². The van der Waals surface area contributed by atoms with Crippen molar-refractivity contribution in [1.29, 1.82) is 0 Å². The predicted molar refractivity (Wildman–Crippen MR) is 61.2 cm³/mol. The standard InChI is InChI=1S/C11H16N2O3/c1-2-8(6-14)13-11(16)7-3-4-9(12)10(15)5-7/h3-5,8,14-15H,2,6,12H2,1H3,(H,13,16)/t8-/m0/s1. The first-order valence-electron chi connectivity index (χ1n) is 5.08. The van der Waals surface area contributed by atoms with Crippen LogP contribution >= 0.6 is 0 Å². The molecule has 0 fully saturated rings. The SMILES string of the molecule is CC[C@@H](CO)NC(=O)c1ccc(N)c(O)c1. The fraction of sp³-hybridized carbons (Fsp3) is 0.364. The van der Waals surface area contributed by atoms with E-state index in [4.69, 9.17) is 10.8 Å². The normalized spacial score (nSPS) is 12.1. The molecule has 0 aliphatic carbocycles. The monoisotopic (exact) mass is 224 g/mol. The van der Waals surface area contributed by atoms with Gasteiger partial charge in [0.2, 0.25) is 0 Å². The van der Waals surface area contributed by atoms with E-state index < -0.39 is 0 Å². The van der Waals surface area contributed by atoms with Gasteiger partial charge in [0.05, 0.1) is 18.3 Å². The number of nitrogens with one attached hydrogen (secondary N) is 1. The van der Waals surface area contributed by atoms with Crippen molar-refractivity contribution in [3.63, 3.8) is 0 Å². The van der Waals surface area contributed by atoms with Gasteiger partial charge in [0.25, 0.3) is 5.91 Å². The number of nitrogens with two attached hydrogens (primary N) is 1. The second-order valence-corrected chi connectivity index (χ2v) is 3.53. The van der Waals surface area contributed by atoms with Crippen molar-refractivity contribution in [2.24, 2.45) is 0 Å². The first-order chi connectivity index (χ1) is 7.58. The number of rotatable bonds is 4. The Kier molecular flexibility index (Phi) is 4.13. The molecule has 5 N–H and O–H groups in total. The van der Waals surface area contributed by atoms with Gasteiger partial charge in [-0.3, -0.25) is 4.79 Å². The number of hydrogen-bond donors (Lipinski definition) is 4. The molecule has 1 aromatic carbocycles. The summed E-state index contributed by atoms with van der Waals surface area (Å²) in [4.78, 5) is 11.7. The lowest BCUT2D eigenvalue weighted by atomic mass is 10.1. The summed E-state index contributed by atoms with van der Waals surface area (Å²) >= 11 is 0. The topological polar surface area (TPSA) is 95.6 Å². The highest BCUT2D eigenvalue weighted by Crippen LogP contribution is 2.20. The number of carbonyl (C=O) groups excluding carboxylic acids is 1. The van der Waals surface area contributed by atoms with Crippen LogP contribution in [0.4, 0.5) is 5.69 Å². The Labute approximate surface area is 93.9 Å². The van der Waals surface area contributed by atoms with Crippen LogP contribution in [0.15, 0.2) is 18.2 Å². The summed E-state index contributed by atoms with van der Waals surface area (Å²) < 4.78 is 0. The van der Waals surface area contributed by atoms with E-state index in [0.717, 1.165) is 0 Å². The summed E-state index contributed by atoms with van der Waals surface area (Å²) in [5, 5.41) is 20.9. The van der Waals surface area contributed by atoms with E-state index in [1.807, 2.05) is 6.92 Å². The molecule has 0 aromatic heterocycles. The molecular formula is C11H16N2O3. The van der Waals surface area contributed by atoms with E-state index in [0.29, 0.717) is 12.0 Å². The smallest absolute Gasteiger partial charge is 0.251 e. The number of phenols is 1. The molecule has 5 nitrogen and oxygen atoms in total. The molecule has 0 spiro atoms. The summed E-state index contributed by atoms with van der Waals surface area (Å²) in [7, 11) is 0. The maximum Gasteiger partial charge on any atom is 0.251 e. The maximum atomic E-state index is 11.7. The molecule has 5 heteroatoms. The zero-order chi connectivity index (χ0) is 12.1. The Morgan fingerprint density at radius 3 is 2.75 bits per heavy atom. The minimum absolute atomic E-state index is 0.108. The van der Waals surface area contributed by atoms with Crippen LogP contribution < -0.4 is 11.1 Å². The van der Waals surface area contributed by atoms with Crippen LogP contribution in [-0.4, -0.2) is 28.8 Å². The minimum atomic E-state index is -0.337. The Morgan fingerprint density at radius 1 is 1.56 bits per heavy atom. The lowest BCUT2D eigenvalue weighted by Crippen LogP contribution is -2.36. The number of anilines is 1. The van der Waals surface area contributed by atoms with Crippen LogP contribution in [0, 0.1) is 0 Å². The van der Waals surface area contributed by atoms with Gasteiger partial charge in [0.15, 0.2) is 0 Å². The summed E-state index contributed by atoms with van der Waals surface area (Å²) in [6.07, 6.45) is 0.642. The number of hydrogen-bond acceptors (Lipinski definition) is 4. The van der Waals surface area contributed by atoms with Crippen molar-refractivity contribution in [2.75, 3.05) is 12.3 Å². The van der Waals surface area contributed by atoms with E-state index in [-0.39, 0.29) is 30.0 Å². The lowest BCUT2D eigenvalue weighted by molar-refractivity contribution is 0.0914. The van der Waals surface area contributed by atoms with Crippen LogP contribution in [0.1, 0.15) is 23.7 Å². The Balaban J connectivity index is 2.76. The van der Waals surface area contributed by atoms with Gasteiger partial charge < -0.3 is 21.3 Å². The van der Waals surface area contributed by atoms with Crippen LogP contribution in [0.5, 0.6) is 5.75 Å². The van der Waals surface area contributed by atoms with Crippen molar-refractivity contribution in [2.45, 2.75) is 19.4 Å². The third kappa shape index (κ3) is 2.87. The summed E-state index contributed by atoms with van der Waals surface area (Å²) in [6, 6.07) is 4.01. The number of nitrogen functional groups attached to an aromatic ring is 1. The van der Waals surface area contributed by atoms with E-state index in [1.54, 1.807) is 0 Å². The summed E-state index contributed by atoms with van der Waals surface area (Å²) in [5.74, 6) is -0.458. The van der Waals surface area contributed by atoms with Gasteiger partial charge in [-0.25, -0.2) is 0 Å². The highest BCUT2D eigenvalue weighted by molar-refractivity contribution is 5.95. The molecule has 0 radical (unpaired) electrons. The molecule has 0 saturated carbocycles. The largest absolute Gasteiger partial charge is 0.506 e. The van der Waals surface area contributed by atoms with E-state index in [1.165, 1.54) is 18.2 Å². The van der Waals surface area contributed by atoms with Gasteiger partial charge >= 0.3 is 0 Å². The number of benzene rings is 1. The molecule has 16 heavy (non-hydrogen) atoms. The molecule has 0 aliphatic heterocycles. The van der Waals surface area contributed by atoms with E-state index >= 15 is 0 Å². The van der Waals surface area contributed by atoms with Gasteiger partial charge in [-0.15, -0.1) is 0 Å². The minimum Gasteiger partial charge on any atom is -0.506 e. The van der Waals surface area contributed by atoms with Crippen molar-refractivity contribution in [3.05, 3.63) is 23.8 Å². The second-order valence-electron chi connectivity index (χ2n) is 3.53. The molecule has 0 unspecified atom stereocenters. The molecule has 1 rings (SSSR count). The van der Waals surface area contributed by atoms with Gasteiger partial charge in [0.1, 0.15) is 5.75 Å². The fourth-order valence-corrected chi connectivity index (χ4v) is 1.23. The molecule has 0 aliphatic rings. The first-order valence-corrected chi connectivity index (χ1v) is 5.08. The van der Waals surface area contributed by atoms with Crippen LogP contribution in [-0.2, 0) is 0 Å². The highest BCUT2D eigenvalue weighted by atomic mass is 16.3. The number of aromatic hydroxyl groups is 1. The highest BCUT2D eigenvalue weighted by Gasteiger charge is 2.12. The van der Waals surface area contributed by atoms with Crippen molar-refractivity contribution in [1.82, 2.24) is 5.32 Å². The fourth-order valence-electron chi connectivity index (χ4n) is 1.23. The predicted octanol–water partition coefficient (Wildman–Crippen LogP) is 0.475. The van der Waals surface area contributed by atoms with Gasteiger partial charge in [0, 0.05) is 5.56 Å². The molecule has 88 valence electrons. The van der Waals surface area contributed by atoms with Crippen LogP contribution in [0.25, 0.3) is 0 Å². The molecule has 1 aromatic rings. The van der Waals surface area contributed by atoms with Gasteiger partial charge in [-0.2, -0.15) is 0 Å². The third-order valence-electron chi connectivity index (χ3n) is 2.34. The van der Waals surface area contributed by atoms with Crippen LogP contribution in [0.2, 0.25) is 0 Å². The number of aliphatic hydroxyl groups is 1. The molecule has 0 saturated heterocycles. The number of aliphatic hydroxyl groups excluding tert-OH is 1. The molecule has 1 amide bonds. The molecule has 1 atom stereocenters. The zero-order valence-electron chi connectivity index (χ0n) is 9.10. The van der Waals surface area contributed by atoms with Gasteiger partial charge in [-0.05, 0) is 24.6 Å². The zero-order valence-corrected chi connectivity index (χ0v) is 9.10. The molecule has 0 bridgehead atoms. The Bertz CT molecular complexity index is 375. The number of phenolic OH excluding ortho intramolecular Hbond substituents is 1. The van der Waals surface area contributed by atoms with E-state index in [9.17, 15) is 9.90 Å². The second kappa shape index (κ2) is 5.37. The van der Waals surface area contributed by atoms with Crippen molar-refractivity contribution in [3.8, 4) is 5.75 Å².